The van der Waals surface area contributed by atoms with Crippen molar-refractivity contribution >= 4 is 23.4 Å². The minimum atomic E-state index is 0.0721. The maximum atomic E-state index is 9.01. The van der Waals surface area contributed by atoms with E-state index in [2.05, 4.69) is 0 Å². The fourth-order valence-electron chi connectivity index (χ4n) is 1.96. The highest BCUT2D eigenvalue weighted by Gasteiger charge is 2.18. The highest BCUT2D eigenvalue weighted by molar-refractivity contribution is 7.98. The third-order valence-electron chi connectivity index (χ3n) is 3.00. The van der Waals surface area contributed by atoms with Gasteiger partial charge in [0.05, 0.1) is 11.6 Å². The maximum Gasteiger partial charge on any atom is 0.231 e. The second-order valence-electron chi connectivity index (χ2n) is 4.40. The Morgan fingerprint density at radius 2 is 1.90 bits per heavy atom. The third kappa shape index (κ3) is 2.87. The van der Waals surface area contributed by atoms with Crippen LogP contribution < -0.4 is 9.47 Å². The first-order chi connectivity index (χ1) is 9.76. The normalized spacial score (nSPS) is 12.7. The van der Waals surface area contributed by atoms with E-state index in [-0.39, 0.29) is 13.4 Å². The van der Waals surface area contributed by atoms with Crippen molar-refractivity contribution < 1.29 is 14.6 Å². The average molecular weight is 309 g/mol. The van der Waals surface area contributed by atoms with Crippen LogP contribution in [0.4, 0.5) is 0 Å². The Labute approximate surface area is 126 Å². The van der Waals surface area contributed by atoms with Gasteiger partial charge in [-0.3, -0.25) is 0 Å². The summed E-state index contributed by atoms with van der Waals surface area (Å²) in [6.07, 6.45) is 0. The summed E-state index contributed by atoms with van der Waals surface area (Å²) in [5, 5.41) is 9.60. The molecule has 0 aliphatic carbocycles. The van der Waals surface area contributed by atoms with Crippen LogP contribution in [0.15, 0.2) is 41.3 Å². The first-order valence-electron chi connectivity index (χ1n) is 6.17. The van der Waals surface area contributed by atoms with E-state index >= 15 is 0 Å². The zero-order valence-corrected chi connectivity index (χ0v) is 12.2. The van der Waals surface area contributed by atoms with Crippen LogP contribution in [0.2, 0.25) is 5.02 Å². The van der Waals surface area contributed by atoms with E-state index in [1.165, 1.54) is 0 Å². The SMILES string of the molecule is OCc1ccc(SCc2cc(Cl)c3c(c2)OCO3)cc1. The van der Waals surface area contributed by atoms with Gasteiger partial charge in [-0.25, -0.2) is 0 Å². The van der Waals surface area contributed by atoms with Crippen molar-refractivity contribution in [1.29, 1.82) is 0 Å². The van der Waals surface area contributed by atoms with Gasteiger partial charge in [0.15, 0.2) is 11.5 Å². The molecular weight excluding hydrogens is 296 g/mol. The first-order valence-corrected chi connectivity index (χ1v) is 7.53. The van der Waals surface area contributed by atoms with Crippen LogP contribution in [0.5, 0.6) is 11.5 Å². The number of rotatable bonds is 4. The fourth-order valence-corrected chi connectivity index (χ4v) is 3.08. The van der Waals surface area contributed by atoms with Crippen molar-refractivity contribution in [2.24, 2.45) is 0 Å². The van der Waals surface area contributed by atoms with Crippen LogP contribution in [0, 0.1) is 0 Å². The van der Waals surface area contributed by atoms with E-state index in [4.69, 9.17) is 26.2 Å². The molecule has 1 N–H and O–H groups in total. The summed E-state index contributed by atoms with van der Waals surface area (Å²) in [6, 6.07) is 11.7. The molecule has 2 aromatic rings. The van der Waals surface area contributed by atoms with E-state index in [1.807, 2.05) is 36.4 Å². The number of hydrogen-bond acceptors (Lipinski definition) is 4. The number of halogens is 1. The monoisotopic (exact) mass is 308 g/mol. The predicted molar refractivity (Wildman–Crippen MR) is 79.5 cm³/mol. The van der Waals surface area contributed by atoms with Crippen LogP contribution in [-0.4, -0.2) is 11.9 Å². The van der Waals surface area contributed by atoms with Crippen LogP contribution in [0.3, 0.4) is 0 Å². The van der Waals surface area contributed by atoms with Gasteiger partial charge < -0.3 is 14.6 Å². The summed E-state index contributed by atoms with van der Waals surface area (Å²) in [5.74, 6) is 2.14. The summed E-state index contributed by atoms with van der Waals surface area (Å²) < 4.78 is 10.6. The lowest BCUT2D eigenvalue weighted by molar-refractivity contribution is 0.174. The molecule has 1 aliphatic rings. The van der Waals surface area contributed by atoms with Gasteiger partial charge in [-0.15, -0.1) is 11.8 Å². The Bertz CT molecular complexity index is 613. The molecule has 0 radical (unpaired) electrons. The zero-order chi connectivity index (χ0) is 13.9. The number of fused-ring (bicyclic) bond motifs is 1. The average Bonchev–Trinajstić information content (AvgIpc) is 2.94. The topological polar surface area (TPSA) is 38.7 Å². The molecule has 3 rings (SSSR count). The predicted octanol–water partition coefficient (Wildman–Crippen LogP) is 3.85. The van der Waals surface area contributed by atoms with Gasteiger partial charge in [-0.2, -0.15) is 0 Å². The molecule has 3 nitrogen and oxygen atoms in total. The maximum absolute atomic E-state index is 9.01. The summed E-state index contributed by atoms with van der Waals surface area (Å²) in [5.41, 5.74) is 2.01. The van der Waals surface area contributed by atoms with E-state index in [0.717, 1.165) is 21.8 Å². The standard InChI is InChI=1S/C15H13ClO3S/c16-13-5-11(6-14-15(13)19-9-18-14)8-20-12-3-1-10(7-17)2-4-12/h1-6,17H,7-9H2. The van der Waals surface area contributed by atoms with Crippen LogP contribution in [0.25, 0.3) is 0 Å². The highest BCUT2D eigenvalue weighted by atomic mass is 35.5. The second-order valence-corrected chi connectivity index (χ2v) is 5.86. The van der Waals surface area contributed by atoms with E-state index in [9.17, 15) is 0 Å². The quantitative estimate of drug-likeness (QED) is 0.871. The van der Waals surface area contributed by atoms with E-state index < -0.39 is 0 Å². The zero-order valence-electron chi connectivity index (χ0n) is 10.6. The molecule has 0 spiro atoms. The molecule has 0 saturated carbocycles. The van der Waals surface area contributed by atoms with Crippen molar-refractivity contribution in [2.75, 3.05) is 6.79 Å². The summed E-state index contributed by atoms with van der Waals surface area (Å²) in [7, 11) is 0. The Morgan fingerprint density at radius 3 is 2.65 bits per heavy atom. The number of thioether (sulfide) groups is 1. The molecule has 1 heterocycles. The van der Waals surface area contributed by atoms with Crippen LogP contribution in [-0.2, 0) is 12.4 Å². The summed E-state index contributed by atoms with van der Waals surface area (Å²) in [6.45, 7) is 0.303. The van der Waals surface area contributed by atoms with Crippen molar-refractivity contribution in [1.82, 2.24) is 0 Å². The molecule has 0 aromatic heterocycles. The van der Waals surface area contributed by atoms with Gasteiger partial charge in [-0.05, 0) is 35.4 Å². The Hall–Kier alpha value is -1.36. The van der Waals surface area contributed by atoms with E-state index in [0.29, 0.717) is 16.5 Å². The number of ether oxygens (including phenoxy) is 2. The van der Waals surface area contributed by atoms with Gasteiger partial charge in [-0.1, -0.05) is 23.7 Å². The molecule has 1 aliphatic heterocycles. The molecule has 5 heteroatoms. The Balaban J connectivity index is 1.70. The van der Waals surface area contributed by atoms with Gasteiger partial charge in [0.1, 0.15) is 0 Å². The largest absolute Gasteiger partial charge is 0.454 e. The molecule has 104 valence electrons. The van der Waals surface area contributed by atoms with Gasteiger partial charge >= 0.3 is 0 Å². The van der Waals surface area contributed by atoms with Crippen molar-refractivity contribution in [3.63, 3.8) is 0 Å². The molecule has 20 heavy (non-hydrogen) atoms. The molecule has 0 unspecified atom stereocenters. The number of aliphatic hydroxyl groups excluding tert-OH is 1. The Morgan fingerprint density at radius 1 is 1.10 bits per heavy atom. The van der Waals surface area contributed by atoms with Crippen molar-refractivity contribution in [2.45, 2.75) is 17.3 Å². The lowest BCUT2D eigenvalue weighted by atomic mass is 10.2. The summed E-state index contributed by atoms with van der Waals surface area (Å²) in [4.78, 5) is 1.15. The molecular formula is C15H13ClO3S. The van der Waals surface area contributed by atoms with E-state index in [1.54, 1.807) is 11.8 Å². The van der Waals surface area contributed by atoms with Gasteiger partial charge in [0.2, 0.25) is 6.79 Å². The van der Waals surface area contributed by atoms with Crippen LogP contribution >= 0.6 is 23.4 Å². The van der Waals surface area contributed by atoms with Crippen LogP contribution in [0.1, 0.15) is 11.1 Å². The minimum Gasteiger partial charge on any atom is -0.454 e. The minimum absolute atomic E-state index is 0.0721. The number of benzene rings is 2. The Kier molecular flexibility index (Phi) is 4.05. The van der Waals surface area contributed by atoms with Crippen molar-refractivity contribution in [3.8, 4) is 11.5 Å². The second kappa shape index (κ2) is 5.95. The lowest BCUT2D eigenvalue weighted by Crippen LogP contribution is -1.93. The smallest absolute Gasteiger partial charge is 0.231 e. The first kappa shape index (κ1) is 13.6. The molecule has 0 amide bonds. The van der Waals surface area contributed by atoms with Crippen molar-refractivity contribution in [3.05, 3.63) is 52.5 Å². The molecule has 0 saturated heterocycles. The van der Waals surface area contributed by atoms with Gasteiger partial charge in [0, 0.05) is 10.6 Å². The lowest BCUT2D eigenvalue weighted by Gasteiger charge is -2.06. The molecule has 2 aromatic carbocycles. The highest BCUT2D eigenvalue weighted by Crippen LogP contribution is 2.40. The third-order valence-corrected chi connectivity index (χ3v) is 4.36. The summed E-state index contributed by atoms with van der Waals surface area (Å²) >= 11 is 7.86. The fraction of sp³-hybridized carbons (Fsp3) is 0.200. The number of hydrogen-bond donors (Lipinski definition) is 1. The molecule has 0 fully saturated rings. The number of aliphatic hydroxyl groups is 1. The molecule has 0 atom stereocenters. The molecule has 0 bridgehead atoms. The van der Waals surface area contributed by atoms with Gasteiger partial charge in [0.25, 0.3) is 0 Å².